The lowest BCUT2D eigenvalue weighted by Gasteiger charge is -2.52. The molecule has 0 spiro atoms. The maximum Gasteiger partial charge on any atom is 0.123 e. The van der Waals surface area contributed by atoms with Gasteiger partial charge in [0.1, 0.15) is 5.82 Å². The molecule has 4 rings (SSSR count). The van der Waals surface area contributed by atoms with Gasteiger partial charge in [0.25, 0.3) is 0 Å². The highest BCUT2D eigenvalue weighted by molar-refractivity contribution is 5.62. The Morgan fingerprint density at radius 3 is 2.74 bits per heavy atom. The van der Waals surface area contributed by atoms with Crippen LogP contribution < -0.4 is 0 Å². The third-order valence-electron chi connectivity index (χ3n) is 6.58. The monoisotopic (exact) mass is 370 g/mol. The molecule has 1 aromatic heterocycles. The van der Waals surface area contributed by atoms with Crippen molar-refractivity contribution in [2.45, 2.75) is 57.5 Å². The van der Waals surface area contributed by atoms with Crippen molar-refractivity contribution in [2.24, 2.45) is 5.41 Å². The molecule has 27 heavy (non-hydrogen) atoms. The molecule has 2 aliphatic rings. The van der Waals surface area contributed by atoms with Crippen molar-refractivity contribution >= 4 is 6.08 Å². The van der Waals surface area contributed by atoms with Crippen LogP contribution in [0.1, 0.15) is 56.7 Å². The van der Waals surface area contributed by atoms with Crippen LogP contribution in [0.25, 0.3) is 11.8 Å². The molecule has 5 heteroatoms. The number of unbranched alkanes of at least 4 members (excludes halogenated alkanes) is 1. The predicted molar refractivity (Wildman–Crippen MR) is 103 cm³/mol. The van der Waals surface area contributed by atoms with E-state index in [0.717, 1.165) is 55.5 Å². The van der Waals surface area contributed by atoms with Crippen LogP contribution in [0.2, 0.25) is 0 Å². The molecule has 0 saturated heterocycles. The number of aromatic nitrogens is 2. The molecule has 2 aromatic rings. The van der Waals surface area contributed by atoms with Gasteiger partial charge < -0.3 is 10.2 Å². The second kappa shape index (κ2) is 6.88. The second-order valence-electron chi connectivity index (χ2n) is 8.19. The molecule has 1 fully saturated rings. The van der Waals surface area contributed by atoms with E-state index >= 15 is 0 Å². The number of aliphatic hydroxyl groups excluding tert-OH is 1. The van der Waals surface area contributed by atoms with Crippen LogP contribution in [-0.4, -0.2) is 32.2 Å². The van der Waals surface area contributed by atoms with Gasteiger partial charge in [-0.15, -0.1) is 0 Å². The molecule has 0 unspecified atom stereocenters. The quantitative estimate of drug-likeness (QED) is 0.781. The summed E-state index contributed by atoms with van der Waals surface area (Å²) in [6, 6.07) is 6.37. The Hall–Kier alpha value is -1.98. The first kappa shape index (κ1) is 18.4. The molecule has 0 bridgehead atoms. The Bertz CT molecular complexity index is 858. The molecule has 1 heterocycles. The summed E-state index contributed by atoms with van der Waals surface area (Å²) in [5.74, 6) is -0.258. The van der Waals surface area contributed by atoms with E-state index < -0.39 is 5.60 Å². The van der Waals surface area contributed by atoms with Crippen molar-refractivity contribution in [3.05, 3.63) is 53.1 Å². The van der Waals surface area contributed by atoms with Gasteiger partial charge in [-0.05, 0) is 80.9 Å². The van der Waals surface area contributed by atoms with Gasteiger partial charge in [0.2, 0.25) is 0 Å². The van der Waals surface area contributed by atoms with Crippen LogP contribution in [0, 0.1) is 11.2 Å². The number of benzene rings is 1. The zero-order valence-corrected chi connectivity index (χ0v) is 15.8. The molecule has 1 aromatic carbocycles. The normalized spacial score (nSPS) is 27.0. The molecule has 2 atom stereocenters. The van der Waals surface area contributed by atoms with Gasteiger partial charge in [-0.2, -0.15) is 5.10 Å². The van der Waals surface area contributed by atoms with Crippen molar-refractivity contribution < 1.29 is 14.6 Å². The number of aliphatic hydroxyl groups is 2. The summed E-state index contributed by atoms with van der Waals surface area (Å²) in [7, 11) is 0. The molecule has 144 valence electrons. The van der Waals surface area contributed by atoms with Crippen molar-refractivity contribution in [3.63, 3.8) is 0 Å². The average Bonchev–Trinajstić information content (AvgIpc) is 3.04. The minimum atomic E-state index is -0.748. The van der Waals surface area contributed by atoms with E-state index in [2.05, 4.69) is 18.1 Å². The average molecular weight is 370 g/mol. The summed E-state index contributed by atoms with van der Waals surface area (Å²) < 4.78 is 15.1. The number of rotatable bonds is 5. The van der Waals surface area contributed by atoms with E-state index in [-0.39, 0.29) is 17.8 Å². The van der Waals surface area contributed by atoms with Crippen molar-refractivity contribution in [1.29, 1.82) is 0 Å². The van der Waals surface area contributed by atoms with E-state index in [1.165, 1.54) is 17.7 Å². The minimum Gasteiger partial charge on any atom is -0.396 e. The van der Waals surface area contributed by atoms with E-state index in [0.29, 0.717) is 6.42 Å². The summed E-state index contributed by atoms with van der Waals surface area (Å²) in [4.78, 5) is 0. The van der Waals surface area contributed by atoms with Crippen LogP contribution in [0.4, 0.5) is 4.39 Å². The molecule has 2 N–H and O–H groups in total. The first-order chi connectivity index (χ1) is 13.0. The lowest BCUT2D eigenvalue weighted by Crippen LogP contribution is -2.52. The standard InChI is InChI=1S/C22H27FN2O2/c1-21-14-16-15-24-25(19-8-6-18(23)7-9-19)20(16)13-17(21)5-4-11-22(21,27)10-2-3-12-26/h6-9,13,15,26-27H,2-5,10-12,14H2,1H3/t21-,22-/m0/s1. The highest BCUT2D eigenvalue weighted by atomic mass is 19.1. The summed E-state index contributed by atoms with van der Waals surface area (Å²) in [5, 5.41) is 25.2. The molecular formula is C22H27FN2O2. The zero-order chi connectivity index (χ0) is 19.1. The van der Waals surface area contributed by atoms with Crippen LogP contribution in [0.15, 0.2) is 36.0 Å². The van der Waals surface area contributed by atoms with E-state index in [1.54, 1.807) is 12.1 Å². The third kappa shape index (κ3) is 3.03. The van der Waals surface area contributed by atoms with Crippen LogP contribution in [0.5, 0.6) is 0 Å². The van der Waals surface area contributed by atoms with Crippen molar-refractivity contribution in [3.8, 4) is 5.69 Å². The number of halogens is 1. The van der Waals surface area contributed by atoms with E-state index in [4.69, 9.17) is 5.11 Å². The lowest BCUT2D eigenvalue weighted by atomic mass is 9.56. The molecule has 2 aliphatic carbocycles. The number of hydrogen-bond acceptors (Lipinski definition) is 3. The summed E-state index contributed by atoms with van der Waals surface area (Å²) in [6.07, 6.45) is 9.83. The van der Waals surface area contributed by atoms with Crippen LogP contribution in [-0.2, 0) is 6.42 Å². The Balaban J connectivity index is 1.70. The minimum absolute atomic E-state index is 0.171. The smallest absolute Gasteiger partial charge is 0.123 e. The topological polar surface area (TPSA) is 58.3 Å². The van der Waals surface area contributed by atoms with Gasteiger partial charge in [0, 0.05) is 12.0 Å². The SMILES string of the molecule is C[C@]12Cc3cnn(-c4ccc(F)cc4)c3C=C1CCC[C@@]2(O)CCCCO. The van der Waals surface area contributed by atoms with Crippen molar-refractivity contribution in [1.82, 2.24) is 9.78 Å². The van der Waals surface area contributed by atoms with Gasteiger partial charge >= 0.3 is 0 Å². The largest absolute Gasteiger partial charge is 0.396 e. The zero-order valence-electron chi connectivity index (χ0n) is 15.8. The fourth-order valence-corrected chi connectivity index (χ4v) is 4.88. The van der Waals surface area contributed by atoms with Gasteiger partial charge in [0.05, 0.1) is 23.2 Å². The molecule has 1 saturated carbocycles. The highest BCUT2D eigenvalue weighted by Crippen LogP contribution is 2.54. The van der Waals surface area contributed by atoms with Gasteiger partial charge in [-0.25, -0.2) is 9.07 Å². The first-order valence-electron chi connectivity index (χ1n) is 9.84. The molecule has 4 nitrogen and oxygen atoms in total. The maximum atomic E-state index is 13.3. The Kier molecular flexibility index (Phi) is 4.68. The summed E-state index contributed by atoms with van der Waals surface area (Å²) in [6.45, 7) is 2.35. The Morgan fingerprint density at radius 2 is 2.00 bits per heavy atom. The molecule has 0 amide bonds. The first-order valence-corrected chi connectivity index (χ1v) is 9.84. The Labute approximate surface area is 159 Å². The second-order valence-corrected chi connectivity index (χ2v) is 8.19. The van der Waals surface area contributed by atoms with Gasteiger partial charge in [0.15, 0.2) is 0 Å². The van der Waals surface area contributed by atoms with Crippen molar-refractivity contribution in [2.75, 3.05) is 6.61 Å². The molecular weight excluding hydrogens is 343 g/mol. The third-order valence-corrected chi connectivity index (χ3v) is 6.58. The fourth-order valence-electron chi connectivity index (χ4n) is 4.88. The molecule has 0 aliphatic heterocycles. The lowest BCUT2D eigenvalue weighted by molar-refractivity contribution is -0.0864. The van der Waals surface area contributed by atoms with E-state index in [1.807, 2.05) is 10.9 Å². The Morgan fingerprint density at radius 1 is 1.22 bits per heavy atom. The predicted octanol–water partition coefficient (Wildman–Crippen LogP) is 4.03. The summed E-state index contributed by atoms with van der Waals surface area (Å²) >= 11 is 0. The molecule has 0 radical (unpaired) electrons. The summed E-state index contributed by atoms with van der Waals surface area (Å²) in [5.41, 5.74) is 3.22. The van der Waals surface area contributed by atoms with Gasteiger partial charge in [-0.1, -0.05) is 12.5 Å². The van der Waals surface area contributed by atoms with Gasteiger partial charge in [-0.3, -0.25) is 0 Å². The van der Waals surface area contributed by atoms with Crippen LogP contribution >= 0.6 is 0 Å². The van der Waals surface area contributed by atoms with E-state index in [9.17, 15) is 9.50 Å². The maximum absolute atomic E-state index is 13.3. The fraction of sp³-hybridized carbons (Fsp3) is 0.500. The van der Waals surface area contributed by atoms with Crippen LogP contribution in [0.3, 0.4) is 0 Å². The number of nitrogens with zero attached hydrogens (tertiary/aromatic N) is 2. The highest BCUT2D eigenvalue weighted by Gasteiger charge is 2.52. The number of hydrogen-bond donors (Lipinski definition) is 2. The number of fused-ring (bicyclic) bond motifs is 2.